The van der Waals surface area contributed by atoms with E-state index in [-0.39, 0.29) is 0 Å². The lowest BCUT2D eigenvalue weighted by molar-refractivity contribution is 0.866. The van der Waals surface area contributed by atoms with E-state index in [4.69, 9.17) is 0 Å². The van der Waals surface area contributed by atoms with Gasteiger partial charge in [-0.15, -0.1) is 5.10 Å². The molecule has 0 heterocycles. The summed E-state index contributed by atoms with van der Waals surface area (Å²) in [5, 5.41) is 8.88. The maximum atomic E-state index is 4.53. The molecule has 0 spiro atoms. The minimum atomic E-state index is 0.868. The molecule has 0 atom stereocenters. The van der Waals surface area contributed by atoms with E-state index in [1.165, 1.54) is 5.69 Å². The molecule has 0 aliphatic carbocycles. The van der Waals surface area contributed by atoms with E-state index in [9.17, 15) is 0 Å². The number of rotatable bonds is 11. The number of hydrogen-bond acceptors (Lipinski definition) is 5. The molecule has 0 saturated heterocycles. The zero-order chi connectivity index (χ0) is 34.1. The number of anilines is 4. The average Bonchev–Trinajstić information content (AvgIpc) is 3.17. The van der Waals surface area contributed by atoms with Crippen molar-refractivity contribution in [3.63, 3.8) is 0 Å². The van der Waals surface area contributed by atoms with E-state index in [0.29, 0.717) is 0 Å². The summed E-state index contributed by atoms with van der Waals surface area (Å²) in [5.74, 6) is 0. The third kappa shape index (κ3) is 9.72. The largest absolute Gasteiger partial charge is 0.372 e. The van der Waals surface area contributed by atoms with Crippen molar-refractivity contribution < 1.29 is 0 Å². The van der Waals surface area contributed by atoms with Crippen molar-refractivity contribution in [2.45, 2.75) is 13.8 Å². The quantitative estimate of drug-likeness (QED) is 0.104. The van der Waals surface area contributed by atoms with Gasteiger partial charge in [-0.05, 0) is 73.5 Å². The standard InChI is InChI=1S/C24H25N3.C20H18N2/c1-3-27(4-2)23-17-15-20(16-18-23)19-25-26-24(21-11-7-5-8-12-21)22-13-9-6-10-14-22;1-21-16-17-12-14-20(15-13-17)22(18-8-4-2-5-9-18)19-10-6-3-7-11-19/h5-19H,3-4H2,1-2H3;2-16H,1H3/b25-19+;. The topological polar surface area (TPSA) is 43.6 Å². The molecule has 5 heteroatoms. The number of benzene rings is 6. The molecular formula is C44H43N5. The van der Waals surface area contributed by atoms with Crippen LogP contribution in [0.2, 0.25) is 0 Å². The molecule has 5 nitrogen and oxygen atoms in total. The van der Waals surface area contributed by atoms with Crippen LogP contribution in [-0.4, -0.2) is 38.3 Å². The fraction of sp³-hybridized carbons (Fsp3) is 0.114. The van der Waals surface area contributed by atoms with Crippen molar-refractivity contribution in [1.29, 1.82) is 0 Å². The summed E-state index contributed by atoms with van der Waals surface area (Å²) in [6.45, 7) is 6.35. The van der Waals surface area contributed by atoms with Gasteiger partial charge in [0.2, 0.25) is 0 Å². The van der Waals surface area contributed by atoms with Crippen LogP contribution in [0.15, 0.2) is 185 Å². The van der Waals surface area contributed by atoms with E-state index in [1.54, 1.807) is 13.3 Å². The highest BCUT2D eigenvalue weighted by atomic mass is 15.2. The van der Waals surface area contributed by atoms with Crippen molar-refractivity contribution in [3.8, 4) is 0 Å². The monoisotopic (exact) mass is 641 g/mol. The summed E-state index contributed by atoms with van der Waals surface area (Å²) in [6, 6.07) is 57.9. The Morgan fingerprint density at radius 2 is 0.857 bits per heavy atom. The average molecular weight is 642 g/mol. The number of aliphatic imine (C=N–C) groups is 1. The Bertz CT molecular complexity index is 1820. The highest BCUT2D eigenvalue weighted by Gasteiger charge is 2.11. The molecule has 0 aliphatic rings. The lowest BCUT2D eigenvalue weighted by Gasteiger charge is -2.25. The fourth-order valence-corrected chi connectivity index (χ4v) is 5.45. The first-order valence-corrected chi connectivity index (χ1v) is 16.7. The van der Waals surface area contributed by atoms with E-state index >= 15 is 0 Å². The van der Waals surface area contributed by atoms with Crippen LogP contribution in [0.4, 0.5) is 22.7 Å². The van der Waals surface area contributed by atoms with Gasteiger partial charge in [-0.1, -0.05) is 121 Å². The second-order valence-electron chi connectivity index (χ2n) is 11.2. The summed E-state index contributed by atoms with van der Waals surface area (Å²) in [7, 11) is 1.79. The predicted octanol–water partition coefficient (Wildman–Crippen LogP) is 10.6. The van der Waals surface area contributed by atoms with Crippen molar-refractivity contribution >= 4 is 40.9 Å². The van der Waals surface area contributed by atoms with E-state index in [1.807, 2.05) is 54.7 Å². The number of nitrogens with zero attached hydrogens (tertiary/aromatic N) is 5. The van der Waals surface area contributed by atoms with E-state index in [0.717, 1.165) is 58.1 Å². The van der Waals surface area contributed by atoms with Gasteiger partial charge in [-0.3, -0.25) is 4.99 Å². The third-order valence-electron chi connectivity index (χ3n) is 7.94. The van der Waals surface area contributed by atoms with Crippen LogP contribution < -0.4 is 9.80 Å². The van der Waals surface area contributed by atoms with Gasteiger partial charge in [0.15, 0.2) is 0 Å². The molecule has 0 bridgehead atoms. The van der Waals surface area contributed by atoms with Crippen molar-refractivity contribution in [2.24, 2.45) is 15.2 Å². The molecule has 0 aromatic heterocycles. The zero-order valence-corrected chi connectivity index (χ0v) is 28.5. The minimum absolute atomic E-state index is 0.868. The van der Waals surface area contributed by atoms with Gasteiger partial charge in [0.1, 0.15) is 5.71 Å². The first-order chi connectivity index (χ1) is 24.2. The van der Waals surface area contributed by atoms with Crippen LogP contribution in [-0.2, 0) is 0 Å². The Labute approximate surface area is 291 Å². The summed E-state index contributed by atoms with van der Waals surface area (Å²) >= 11 is 0. The summed E-state index contributed by atoms with van der Waals surface area (Å²) in [5.41, 5.74) is 9.77. The maximum absolute atomic E-state index is 4.53. The first kappa shape index (κ1) is 34.3. The second-order valence-corrected chi connectivity index (χ2v) is 11.2. The Hall–Kier alpha value is -6.07. The SMILES string of the molecule is CCN(CC)c1ccc(/C=N/N=C(c2ccccc2)c2ccccc2)cc1.CN=Cc1ccc(N(c2ccccc2)c2ccccc2)cc1. The van der Waals surface area contributed by atoms with Gasteiger partial charge in [0.25, 0.3) is 0 Å². The Balaban J connectivity index is 0.000000195. The Morgan fingerprint density at radius 1 is 0.469 bits per heavy atom. The number of para-hydroxylation sites is 2. The van der Waals surface area contributed by atoms with Crippen LogP contribution in [0.3, 0.4) is 0 Å². The minimum Gasteiger partial charge on any atom is -0.372 e. The van der Waals surface area contributed by atoms with E-state index in [2.05, 4.69) is 160 Å². The summed E-state index contributed by atoms with van der Waals surface area (Å²) in [6.07, 6.45) is 3.66. The smallest absolute Gasteiger partial charge is 0.100 e. The van der Waals surface area contributed by atoms with Gasteiger partial charge < -0.3 is 9.80 Å². The zero-order valence-electron chi connectivity index (χ0n) is 28.5. The fourth-order valence-electron chi connectivity index (χ4n) is 5.45. The molecule has 0 fully saturated rings. The van der Waals surface area contributed by atoms with Crippen LogP contribution in [0.25, 0.3) is 0 Å². The molecule has 0 amide bonds. The molecule has 6 rings (SSSR count). The lowest BCUT2D eigenvalue weighted by atomic mass is 10.0. The Morgan fingerprint density at radius 3 is 1.29 bits per heavy atom. The molecule has 6 aromatic rings. The molecule has 0 aliphatic heterocycles. The van der Waals surface area contributed by atoms with Gasteiger partial charge >= 0.3 is 0 Å². The molecule has 49 heavy (non-hydrogen) atoms. The van der Waals surface area contributed by atoms with Crippen molar-refractivity contribution in [3.05, 3.63) is 192 Å². The molecule has 0 N–H and O–H groups in total. The lowest BCUT2D eigenvalue weighted by Crippen LogP contribution is -2.21. The van der Waals surface area contributed by atoms with Gasteiger partial charge in [-0.2, -0.15) is 5.10 Å². The van der Waals surface area contributed by atoms with Crippen molar-refractivity contribution in [2.75, 3.05) is 29.9 Å². The first-order valence-electron chi connectivity index (χ1n) is 16.7. The Kier molecular flexibility index (Phi) is 12.8. The molecular weight excluding hydrogens is 599 g/mol. The van der Waals surface area contributed by atoms with Crippen LogP contribution in [0.5, 0.6) is 0 Å². The van der Waals surface area contributed by atoms with Crippen LogP contribution >= 0.6 is 0 Å². The van der Waals surface area contributed by atoms with Gasteiger partial charge in [-0.25, -0.2) is 0 Å². The molecule has 244 valence electrons. The predicted molar refractivity (Wildman–Crippen MR) is 211 cm³/mol. The molecule has 0 unspecified atom stereocenters. The normalized spacial score (nSPS) is 10.8. The van der Waals surface area contributed by atoms with Gasteiger partial charge in [0, 0.05) is 60.2 Å². The van der Waals surface area contributed by atoms with E-state index < -0.39 is 0 Å². The highest BCUT2D eigenvalue weighted by Crippen LogP contribution is 2.33. The summed E-state index contributed by atoms with van der Waals surface area (Å²) in [4.78, 5) is 8.62. The van der Waals surface area contributed by atoms with Crippen molar-refractivity contribution in [1.82, 2.24) is 0 Å². The second kappa shape index (κ2) is 18.3. The van der Waals surface area contributed by atoms with Crippen LogP contribution in [0.1, 0.15) is 36.1 Å². The van der Waals surface area contributed by atoms with Gasteiger partial charge in [0.05, 0.1) is 6.21 Å². The highest BCUT2D eigenvalue weighted by molar-refractivity contribution is 6.13. The number of hydrogen-bond donors (Lipinski definition) is 0. The molecule has 0 saturated carbocycles. The third-order valence-corrected chi connectivity index (χ3v) is 7.94. The van der Waals surface area contributed by atoms with Crippen LogP contribution in [0, 0.1) is 0 Å². The maximum Gasteiger partial charge on any atom is 0.100 e. The molecule has 0 radical (unpaired) electrons. The summed E-state index contributed by atoms with van der Waals surface area (Å²) < 4.78 is 0. The molecule has 6 aromatic carbocycles.